The Kier molecular flexibility index (Phi) is 8.04. The average molecular weight is 451 g/mol. The lowest BCUT2D eigenvalue weighted by atomic mass is 10.1. The number of amides is 1. The lowest BCUT2D eigenvalue weighted by Crippen LogP contribution is -2.25. The first-order valence-corrected chi connectivity index (χ1v) is 11.2. The van der Waals surface area contributed by atoms with Crippen LogP contribution in [0.3, 0.4) is 0 Å². The molecule has 0 aliphatic heterocycles. The van der Waals surface area contributed by atoms with Gasteiger partial charge >= 0.3 is 0 Å². The molecule has 0 fully saturated rings. The molecule has 0 aliphatic carbocycles. The average Bonchev–Trinajstić information content (AvgIpc) is 3.32. The zero-order valence-electron chi connectivity index (χ0n) is 18.5. The fraction of sp³-hybridized carbons (Fsp3) is 0.261. The molecule has 0 radical (unpaired) electrons. The summed E-state index contributed by atoms with van der Waals surface area (Å²) in [5, 5.41) is 8.04. The highest BCUT2D eigenvalue weighted by atomic mass is 32.1. The number of fused-ring (bicyclic) bond motifs is 1. The summed E-state index contributed by atoms with van der Waals surface area (Å²) in [5.41, 5.74) is 2.75. The summed E-state index contributed by atoms with van der Waals surface area (Å²) in [6.07, 6.45) is 3.51. The van der Waals surface area contributed by atoms with Gasteiger partial charge in [0.15, 0.2) is 5.69 Å². The van der Waals surface area contributed by atoms with E-state index in [1.165, 1.54) is 11.3 Å². The van der Waals surface area contributed by atoms with Gasteiger partial charge in [-0.15, -0.1) is 11.3 Å². The number of methoxy groups -OCH3 is 1. The molecule has 4 aromatic rings. The van der Waals surface area contributed by atoms with Crippen molar-refractivity contribution in [3.05, 3.63) is 71.1 Å². The number of ether oxygens (including phenoxy) is 1. The second kappa shape index (κ2) is 11.1. The van der Waals surface area contributed by atoms with E-state index in [1.54, 1.807) is 25.6 Å². The van der Waals surface area contributed by atoms with Crippen molar-refractivity contribution in [1.29, 1.82) is 0 Å². The van der Waals surface area contributed by atoms with Crippen LogP contribution in [0.2, 0.25) is 0 Å². The minimum absolute atomic E-state index is 0.0633. The van der Waals surface area contributed by atoms with Crippen molar-refractivity contribution in [3.63, 3.8) is 0 Å². The molecule has 0 spiro atoms. The Morgan fingerprint density at radius 2 is 1.97 bits per heavy atom. The van der Waals surface area contributed by atoms with Gasteiger partial charge in [-0.2, -0.15) is 0 Å². The Balaban J connectivity index is 0.00000141. The number of nitrogens with zero attached hydrogens (tertiary/aromatic N) is 4. The minimum atomic E-state index is -0.286. The van der Waals surface area contributed by atoms with Gasteiger partial charge in [0.05, 0.1) is 35.6 Å². The lowest BCUT2D eigenvalue weighted by Gasteiger charge is -2.14. The van der Waals surface area contributed by atoms with E-state index in [0.29, 0.717) is 23.2 Å². The van der Waals surface area contributed by atoms with Crippen molar-refractivity contribution in [1.82, 2.24) is 25.3 Å². The van der Waals surface area contributed by atoms with E-state index >= 15 is 0 Å². The van der Waals surface area contributed by atoms with Gasteiger partial charge < -0.3 is 15.4 Å². The maximum atomic E-state index is 12.9. The molecule has 4 heterocycles. The first-order chi connectivity index (χ1) is 15.6. The third-order valence-electron chi connectivity index (χ3n) is 4.47. The second-order valence-corrected chi connectivity index (χ2v) is 7.45. The van der Waals surface area contributed by atoms with Crippen LogP contribution in [0, 0.1) is 0 Å². The highest BCUT2D eigenvalue weighted by molar-refractivity contribution is 7.17. The number of carbonyl (C=O) groups excluding carboxylic acids is 1. The summed E-state index contributed by atoms with van der Waals surface area (Å²) in [5.74, 6) is 0.605. The number of hydrogen-bond donors (Lipinski definition) is 2. The number of carbonyl (C=O) groups is 1. The van der Waals surface area contributed by atoms with Gasteiger partial charge in [0, 0.05) is 18.5 Å². The van der Waals surface area contributed by atoms with E-state index < -0.39 is 0 Å². The Bertz CT molecular complexity index is 1170. The van der Waals surface area contributed by atoms with Crippen LogP contribution in [0.5, 0.6) is 5.88 Å². The SMILES string of the molecule is CC.COc1cccc(CNC(=O)c2nc(NC(C)c3cccnc3)nc3ccsc23)n1. The molecule has 0 saturated heterocycles. The Morgan fingerprint density at radius 1 is 1.12 bits per heavy atom. The molecule has 0 aliphatic rings. The van der Waals surface area contributed by atoms with Crippen LogP contribution >= 0.6 is 11.3 Å². The van der Waals surface area contributed by atoms with E-state index in [-0.39, 0.29) is 18.5 Å². The van der Waals surface area contributed by atoms with Crippen LogP contribution in [0.25, 0.3) is 10.2 Å². The maximum Gasteiger partial charge on any atom is 0.271 e. The summed E-state index contributed by atoms with van der Waals surface area (Å²) in [7, 11) is 1.56. The number of aromatic nitrogens is 4. The van der Waals surface area contributed by atoms with Crippen molar-refractivity contribution in [2.24, 2.45) is 0 Å². The van der Waals surface area contributed by atoms with Gasteiger partial charge in [0.2, 0.25) is 11.8 Å². The number of rotatable bonds is 7. The number of nitrogens with one attached hydrogen (secondary N) is 2. The summed E-state index contributed by atoms with van der Waals surface area (Å²) in [4.78, 5) is 30.4. The van der Waals surface area contributed by atoms with E-state index in [2.05, 4.69) is 30.6 Å². The zero-order valence-corrected chi connectivity index (χ0v) is 19.3. The quantitative estimate of drug-likeness (QED) is 0.424. The molecule has 1 unspecified atom stereocenters. The Hall–Kier alpha value is -3.59. The molecule has 1 atom stereocenters. The molecule has 2 N–H and O–H groups in total. The number of thiophene rings is 1. The van der Waals surface area contributed by atoms with Crippen LogP contribution < -0.4 is 15.4 Å². The second-order valence-electron chi connectivity index (χ2n) is 6.54. The lowest BCUT2D eigenvalue weighted by molar-refractivity contribution is 0.0947. The van der Waals surface area contributed by atoms with Gasteiger partial charge in [0.1, 0.15) is 0 Å². The van der Waals surface area contributed by atoms with Crippen LogP contribution in [-0.4, -0.2) is 33.0 Å². The van der Waals surface area contributed by atoms with Gasteiger partial charge in [0.25, 0.3) is 5.91 Å². The molecular weight excluding hydrogens is 424 g/mol. The smallest absolute Gasteiger partial charge is 0.271 e. The molecule has 4 rings (SSSR count). The fourth-order valence-electron chi connectivity index (χ4n) is 2.92. The first-order valence-electron chi connectivity index (χ1n) is 10.3. The summed E-state index contributed by atoms with van der Waals surface area (Å²) in [6.45, 7) is 6.26. The predicted octanol–water partition coefficient (Wildman–Crippen LogP) is 4.62. The highest BCUT2D eigenvalue weighted by Gasteiger charge is 2.17. The number of hydrogen-bond acceptors (Lipinski definition) is 8. The van der Waals surface area contributed by atoms with Gasteiger partial charge in [-0.1, -0.05) is 26.0 Å². The van der Waals surface area contributed by atoms with Crippen LogP contribution in [0.1, 0.15) is 48.6 Å². The highest BCUT2D eigenvalue weighted by Crippen LogP contribution is 2.25. The maximum absolute atomic E-state index is 12.9. The van der Waals surface area contributed by atoms with Crippen molar-refractivity contribution in [2.75, 3.05) is 12.4 Å². The minimum Gasteiger partial charge on any atom is -0.481 e. The predicted molar refractivity (Wildman–Crippen MR) is 127 cm³/mol. The normalized spacial score (nSPS) is 11.2. The monoisotopic (exact) mass is 450 g/mol. The van der Waals surface area contributed by atoms with E-state index in [9.17, 15) is 4.79 Å². The summed E-state index contributed by atoms with van der Waals surface area (Å²) in [6, 6.07) is 11.1. The molecule has 0 bridgehead atoms. The first kappa shape index (κ1) is 23.1. The van der Waals surface area contributed by atoms with Crippen molar-refractivity contribution in [2.45, 2.75) is 33.4 Å². The largest absolute Gasteiger partial charge is 0.481 e. The van der Waals surface area contributed by atoms with Crippen molar-refractivity contribution in [3.8, 4) is 5.88 Å². The topological polar surface area (TPSA) is 102 Å². The van der Waals surface area contributed by atoms with Crippen LogP contribution in [0.4, 0.5) is 5.95 Å². The van der Waals surface area contributed by atoms with E-state index in [4.69, 9.17) is 4.74 Å². The van der Waals surface area contributed by atoms with E-state index in [1.807, 2.05) is 56.5 Å². The molecule has 0 saturated carbocycles. The van der Waals surface area contributed by atoms with Crippen molar-refractivity contribution < 1.29 is 9.53 Å². The van der Waals surface area contributed by atoms with Gasteiger partial charge in [-0.05, 0) is 36.1 Å². The molecule has 166 valence electrons. The number of pyridine rings is 2. The molecular formula is C23H26N6O2S. The zero-order chi connectivity index (χ0) is 22.9. The van der Waals surface area contributed by atoms with Crippen LogP contribution in [0.15, 0.2) is 54.2 Å². The molecule has 1 amide bonds. The van der Waals surface area contributed by atoms with Gasteiger partial charge in [-0.3, -0.25) is 9.78 Å². The molecule has 32 heavy (non-hydrogen) atoms. The van der Waals surface area contributed by atoms with E-state index in [0.717, 1.165) is 15.8 Å². The Labute approximate surface area is 191 Å². The Morgan fingerprint density at radius 3 is 2.72 bits per heavy atom. The summed E-state index contributed by atoms with van der Waals surface area (Å²) >= 11 is 1.43. The fourth-order valence-corrected chi connectivity index (χ4v) is 3.73. The third-order valence-corrected chi connectivity index (χ3v) is 5.38. The molecule has 8 nitrogen and oxygen atoms in total. The van der Waals surface area contributed by atoms with Crippen molar-refractivity contribution >= 4 is 33.4 Å². The number of anilines is 1. The molecule has 9 heteroatoms. The standard InChI is InChI=1S/C21H20N6O2S.C2H6/c1-13(14-5-4-9-22-11-14)24-21-26-16-8-10-30-19(16)18(27-21)20(28)23-12-15-6-3-7-17(25-15)29-2;1-2/h3-11,13H,12H2,1-2H3,(H,23,28)(H,24,26,27);1-2H3. The van der Waals surface area contributed by atoms with Crippen LogP contribution in [-0.2, 0) is 6.54 Å². The molecule has 0 aromatic carbocycles. The summed E-state index contributed by atoms with van der Waals surface area (Å²) < 4.78 is 5.87. The third kappa shape index (κ3) is 5.55. The molecule has 4 aromatic heterocycles. The van der Waals surface area contributed by atoms with Gasteiger partial charge in [-0.25, -0.2) is 15.0 Å².